The SMILES string of the molecule is Cc1cc(Oc2ccc([C@@H](C)O)nc2)cc(C)c1Cl. The van der Waals surface area contributed by atoms with E-state index in [1.54, 1.807) is 25.3 Å². The van der Waals surface area contributed by atoms with Crippen LogP contribution in [0.2, 0.25) is 5.02 Å². The van der Waals surface area contributed by atoms with Crippen LogP contribution >= 0.6 is 11.6 Å². The zero-order valence-electron chi connectivity index (χ0n) is 11.1. The number of ether oxygens (including phenoxy) is 1. The lowest BCUT2D eigenvalue weighted by Crippen LogP contribution is -1.95. The van der Waals surface area contributed by atoms with E-state index in [4.69, 9.17) is 16.3 Å². The number of rotatable bonds is 3. The van der Waals surface area contributed by atoms with Crippen molar-refractivity contribution in [3.8, 4) is 11.5 Å². The highest BCUT2D eigenvalue weighted by Gasteiger charge is 2.06. The van der Waals surface area contributed by atoms with Crippen LogP contribution in [0.3, 0.4) is 0 Å². The second-order valence-corrected chi connectivity index (χ2v) is 4.95. The number of benzene rings is 1. The zero-order chi connectivity index (χ0) is 14.0. The molecule has 100 valence electrons. The van der Waals surface area contributed by atoms with Gasteiger partial charge >= 0.3 is 0 Å². The summed E-state index contributed by atoms with van der Waals surface area (Å²) in [6.07, 6.45) is 1.02. The van der Waals surface area contributed by atoms with Gasteiger partial charge in [0, 0.05) is 5.02 Å². The minimum absolute atomic E-state index is 0.575. The van der Waals surface area contributed by atoms with Crippen LogP contribution in [0.5, 0.6) is 11.5 Å². The summed E-state index contributed by atoms with van der Waals surface area (Å²) >= 11 is 6.11. The van der Waals surface area contributed by atoms with Gasteiger partial charge < -0.3 is 9.84 Å². The van der Waals surface area contributed by atoms with Crippen molar-refractivity contribution in [1.29, 1.82) is 0 Å². The molecule has 3 nitrogen and oxygen atoms in total. The maximum atomic E-state index is 9.39. The van der Waals surface area contributed by atoms with Crippen molar-refractivity contribution < 1.29 is 9.84 Å². The molecular weight excluding hydrogens is 262 g/mol. The molecule has 1 aromatic heterocycles. The van der Waals surface area contributed by atoms with Gasteiger partial charge in [0.2, 0.25) is 0 Å². The van der Waals surface area contributed by atoms with Crippen molar-refractivity contribution in [2.45, 2.75) is 26.9 Å². The molecule has 0 aliphatic heterocycles. The smallest absolute Gasteiger partial charge is 0.145 e. The standard InChI is InChI=1S/C15H16ClNO2/c1-9-6-13(7-10(2)15(9)16)19-12-4-5-14(11(3)18)17-8-12/h4-8,11,18H,1-3H3/t11-/m1/s1. The third kappa shape index (κ3) is 3.25. The van der Waals surface area contributed by atoms with Crippen molar-refractivity contribution >= 4 is 11.6 Å². The molecule has 0 radical (unpaired) electrons. The molecule has 1 aromatic carbocycles. The zero-order valence-corrected chi connectivity index (χ0v) is 11.9. The summed E-state index contributed by atoms with van der Waals surface area (Å²) in [6.45, 7) is 5.56. The molecule has 1 atom stereocenters. The lowest BCUT2D eigenvalue weighted by atomic mass is 10.1. The topological polar surface area (TPSA) is 42.4 Å². The lowest BCUT2D eigenvalue weighted by Gasteiger charge is -2.10. The number of nitrogens with zero attached hydrogens (tertiary/aromatic N) is 1. The van der Waals surface area contributed by atoms with Gasteiger partial charge in [0.25, 0.3) is 0 Å². The Balaban J connectivity index is 2.21. The van der Waals surface area contributed by atoms with E-state index in [2.05, 4.69) is 4.98 Å². The van der Waals surface area contributed by atoms with Crippen LogP contribution in [0.4, 0.5) is 0 Å². The molecule has 4 heteroatoms. The molecule has 0 saturated heterocycles. The van der Waals surface area contributed by atoms with E-state index in [1.807, 2.05) is 26.0 Å². The number of aliphatic hydroxyl groups is 1. The minimum atomic E-state index is -0.575. The van der Waals surface area contributed by atoms with E-state index in [0.29, 0.717) is 11.4 Å². The fraction of sp³-hybridized carbons (Fsp3) is 0.267. The first kappa shape index (κ1) is 13.8. The number of hydrogen-bond donors (Lipinski definition) is 1. The van der Waals surface area contributed by atoms with Crippen molar-refractivity contribution in [2.24, 2.45) is 0 Å². The van der Waals surface area contributed by atoms with E-state index in [-0.39, 0.29) is 0 Å². The summed E-state index contributed by atoms with van der Waals surface area (Å²) in [7, 11) is 0. The highest BCUT2D eigenvalue weighted by molar-refractivity contribution is 6.32. The van der Waals surface area contributed by atoms with Gasteiger partial charge in [0.15, 0.2) is 0 Å². The Labute approximate surface area is 117 Å². The Hall–Kier alpha value is -1.58. The summed E-state index contributed by atoms with van der Waals surface area (Å²) in [5.41, 5.74) is 2.58. The Morgan fingerprint density at radius 3 is 2.26 bits per heavy atom. The first-order chi connectivity index (χ1) is 8.97. The van der Waals surface area contributed by atoms with E-state index in [1.165, 1.54) is 0 Å². The van der Waals surface area contributed by atoms with Crippen molar-refractivity contribution in [3.63, 3.8) is 0 Å². The maximum Gasteiger partial charge on any atom is 0.145 e. The van der Waals surface area contributed by atoms with Gasteiger partial charge in [-0.2, -0.15) is 0 Å². The Kier molecular flexibility index (Phi) is 4.08. The van der Waals surface area contributed by atoms with Gasteiger partial charge in [0.05, 0.1) is 18.0 Å². The summed E-state index contributed by atoms with van der Waals surface area (Å²) in [5.74, 6) is 1.36. The Morgan fingerprint density at radius 1 is 1.16 bits per heavy atom. The average Bonchev–Trinajstić information content (AvgIpc) is 2.36. The molecule has 0 spiro atoms. The van der Waals surface area contributed by atoms with Gasteiger partial charge in [-0.3, -0.25) is 4.98 Å². The second-order valence-electron chi connectivity index (χ2n) is 4.57. The molecule has 2 aromatic rings. The van der Waals surface area contributed by atoms with Crippen molar-refractivity contribution in [1.82, 2.24) is 4.98 Å². The van der Waals surface area contributed by atoms with Gasteiger partial charge in [-0.15, -0.1) is 0 Å². The Bertz CT molecular complexity index is 556. The number of aliphatic hydroxyl groups excluding tert-OH is 1. The molecule has 19 heavy (non-hydrogen) atoms. The van der Waals surface area contributed by atoms with Crippen molar-refractivity contribution in [3.05, 3.63) is 52.3 Å². The van der Waals surface area contributed by atoms with Crippen LogP contribution in [0.25, 0.3) is 0 Å². The first-order valence-electron chi connectivity index (χ1n) is 6.06. The maximum absolute atomic E-state index is 9.39. The predicted octanol–water partition coefficient (Wildman–Crippen LogP) is 4.20. The van der Waals surface area contributed by atoms with E-state index in [0.717, 1.165) is 21.9 Å². The van der Waals surface area contributed by atoms with Gasteiger partial charge in [0.1, 0.15) is 11.5 Å². The average molecular weight is 278 g/mol. The number of pyridine rings is 1. The summed E-state index contributed by atoms with van der Waals surface area (Å²) < 4.78 is 5.73. The van der Waals surface area contributed by atoms with Gasteiger partial charge in [-0.25, -0.2) is 0 Å². The lowest BCUT2D eigenvalue weighted by molar-refractivity contribution is 0.194. The van der Waals surface area contributed by atoms with E-state index in [9.17, 15) is 5.11 Å². The number of aryl methyl sites for hydroxylation is 2. The molecule has 0 fully saturated rings. The largest absolute Gasteiger partial charge is 0.456 e. The molecular formula is C15H16ClNO2. The highest BCUT2D eigenvalue weighted by Crippen LogP contribution is 2.29. The van der Waals surface area contributed by atoms with Crippen LogP contribution in [-0.2, 0) is 0 Å². The molecule has 0 aliphatic rings. The van der Waals surface area contributed by atoms with Crippen LogP contribution < -0.4 is 4.74 Å². The van der Waals surface area contributed by atoms with Crippen molar-refractivity contribution in [2.75, 3.05) is 0 Å². The quantitative estimate of drug-likeness (QED) is 0.914. The van der Waals surface area contributed by atoms with Crippen LogP contribution in [0, 0.1) is 13.8 Å². The number of halogens is 1. The van der Waals surface area contributed by atoms with Crippen LogP contribution in [0.15, 0.2) is 30.5 Å². The first-order valence-corrected chi connectivity index (χ1v) is 6.44. The van der Waals surface area contributed by atoms with Crippen LogP contribution in [0.1, 0.15) is 29.8 Å². The summed E-state index contributed by atoms with van der Waals surface area (Å²) in [5, 5.41) is 10.1. The molecule has 0 unspecified atom stereocenters. The fourth-order valence-electron chi connectivity index (χ4n) is 1.80. The number of hydrogen-bond acceptors (Lipinski definition) is 3. The fourth-order valence-corrected chi connectivity index (χ4v) is 1.91. The molecule has 1 N–H and O–H groups in total. The Morgan fingerprint density at radius 2 is 1.79 bits per heavy atom. The molecule has 0 amide bonds. The van der Waals surface area contributed by atoms with Crippen LogP contribution in [-0.4, -0.2) is 10.1 Å². The predicted molar refractivity (Wildman–Crippen MR) is 75.9 cm³/mol. The highest BCUT2D eigenvalue weighted by atomic mass is 35.5. The molecule has 2 rings (SSSR count). The summed E-state index contributed by atoms with van der Waals surface area (Å²) in [6, 6.07) is 7.31. The molecule has 0 bridgehead atoms. The van der Waals surface area contributed by atoms with Gasteiger partial charge in [-0.1, -0.05) is 11.6 Å². The second kappa shape index (κ2) is 5.59. The third-order valence-electron chi connectivity index (χ3n) is 2.83. The molecule has 0 aliphatic carbocycles. The normalized spacial score (nSPS) is 12.3. The number of aromatic nitrogens is 1. The van der Waals surface area contributed by atoms with E-state index >= 15 is 0 Å². The van der Waals surface area contributed by atoms with E-state index < -0.39 is 6.10 Å². The van der Waals surface area contributed by atoms with Gasteiger partial charge in [-0.05, 0) is 56.2 Å². The summed E-state index contributed by atoms with van der Waals surface area (Å²) in [4.78, 5) is 4.14. The molecule has 1 heterocycles. The minimum Gasteiger partial charge on any atom is -0.456 e. The monoisotopic (exact) mass is 277 g/mol. The third-order valence-corrected chi connectivity index (χ3v) is 3.43. The molecule has 0 saturated carbocycles.